The van der Waals surface area contributed by atoms with Crippen molar-refractivity contribution in [2.45, 2.75) is 71.1 Å². The number of allylic oxidation sites excluding steroid dienone is 2. The Kier molecular flexibility index (Phi) is 7.95. The highest BCUT2D eigenvalue weighted by Crippen LogP contribution is 2.45. The van der Waals surface area contributed by atoms with Crippen molar-refractivity contribution < 1.29 is 28.6 Å². The predicted molar refractivity (Wildman–Crippen MR) is 153 cm³/mol. The molecule has 0 saturated carbocycles. The van der Waals surface area contributed by atoms with Crippen molar-refractivity contribution in [3.63, 3.8) is 0 Å². The molecule has 2 atom stereocenters. The quantitative estimate of drug-likeness (QED) is 0.409. The van der Waals surface area contributed by atoms with Gasteiger partial charge in [-0.3, -0.25) is 4.79 Å². The Morgan fingerprint density at radius 3 is 2.49 bits per heavy atom. The Labute approximate surface area is 231 Å². The molecule has 2 aromatic carbocycles. The van der Waals surface area contributed by atoms with Gasteiger partial charge in [-0.25, -0.2) is 9.69 Å². The van der Waals surface area contributed by atoms with Crippen LogP contribution in [-0.2, 0) is 15.8 Å². The lowest BCUT2D eigenvalue weighted by molar-refractivity contribution is 0.0578. The van der Waals surface area contributed by atoms with E-state index in [0.717, 1.165) is 11.1 Å². The zero-order valence-corrected chi connectivity index (χ0v) is 24.7. The Morgan fingerprint density at radius 1 is 1.18 bits per heavy atom. The molecule has 2 unspecified atom stereocenters. The number of hydrogen-bond donors (Lipinski definition) is 1. The van der Waals surface area contributed by atoms with Crippen LogP contribution in [0, 0.1) is 0 Å². The van der Waals surface area contributed by atoms with E-state index in [-0.39, 0.29) is 40.3 Å². The molecular weight excluding hydrogens is 512 g/mol. The first-order chi connectivity index (χ1) is 18.4. The van der Waals surface area contributed by atoms with Crippen molar-refractivity contribution >= 4 is 26.0 Å². The van der Waals surface area contributed by atoms with Gasteiger partial charge >= 0.3 is 6.09 Å². The lowest BCUT2D eigenvalue weighted by Gasteiger charge is -2.44. The molecule has 9 heteroatoms. The van der Waals surface area contributed by atoms with E-state index in [1.165, 1.54) is 24.1 Å². The average Bonchev–Trinajstić information content (AvgIpc) is 3.27. The molecule has 0 bridgehead atoms. The van der Waals surface area contributed by atoms with Crippen LogP contribution in [-0.4, -0.2) is 49.7 Å². The van der Waals surface area contributed by atoms with Crippen molar-refractivity contribution in [1.82, 2.24) is 4.90 Å². The maximum Gasteiger partial charge on any atom is 0.416 e. The number of phenolic OH excluding ortho intramolecular Hbond substituents is 1. The van der Waals surface area contributed by atoms with E-state index in [0.29, 0.717) is 6.42 Å². The number of hydrogen-bond acceptors (Lipinski definition) is 6. The molecule has 39 heavy (non-hydrogen) atoms. The number of anilines is 1. The number of fused-ring (bicyclic) bond motifs is 2. The van der Waals surface area contributed by atoms with Gasteiger partial charge in [0, 0.05) is 12.3 Å². The molecule has 1 N–H and O–H groups in total. The summed E-state index contributed by atoms with van der Waals surface area (Å²) in [6, 6.07) is 11.8. The number of ether oxygens (including phenoxy) is 2. The smallest absolute Gasteiger partial charge is 0.416 e. The minimum atomic E-state index is -2.48. The third-order valence-corrected chi connectivity index (χ3v) is 12.2. The van der Waals surface area contributed by atoms with Crippen molar-refractivity contribution in [3.05, 3.63) is 77.5 Å². The lowest BCUT2D eigenvalue weighted by atomic mass is 10.1. The van der Waals surface area contributed by atoms with Gasteiger partial charge in [-0.15, -0.1) is 0 Å². The number of methoxy groups -OCH3 is 1. The van der Waals surface area contributed by atoms with Gasteiger partial charge in [0.25, 0.3) is 5.91 Å². The molecule has 208 valence electrons. The Bertz CT molecular complexity index is 1300. The van der Waals surface area contributed by atoms with E-state index in [1.54, 1.807) is 4.90 Å². The molecule has 4 rings (SSSR count). The molecule has 2 aromatic rings. The Balaban J connectivity index is 1.88. The van der Waals surface area contributed by atoms with Gasteiger partial charge in [-0.1, -0.05) is 63.3 Å². The SMILES string of the molecule is C/C=C/C1=CN2C(=O)c3cc(OC)c(O)cc3N(C(=O)OCc3ccccc3)C(O[Si](C)(C)C(C)(C)C)C2C1. The number of rotatable bonds is 6. The average molecular weight is 551 g/mol. The summed E-state index contributed by atoms with van der Waals surface area (Å²) in [4.78, 5) is 31.0. The molecule has 2 aliphatic heterocycles. The fourth-order valence-electron chi connectivity index (χ4n) is 4.58. The highest BCUT2D eigenvalue weighted by atomic mass is 28.4. The number of nitrogens with zero attached hydrogens (tertiary/aromatic N) is 2. The van der Waals surface area contributed by atoms with E-state index in [2.05, 4.69) is 33.9 Å². The van der Waals surface area contributed by atoms with Crippen molar-refractivity contribution in [2.24, 2.45) is 0 Å². The van der Waals surface area contributed by atoms with E-state index >= 15 is 0 Å². The lowest BCUT2D eigenvalue weighted by Crippen LogP contribution is -2.57. The topological polar surface area (TPSA) is 88.5 Å². The molecule has 2 amide bonds. The molecule has 2 heterocycles. The van der Waals surface area contributed by atoms with Crippen LogP contribution in [0.2, 0.25) is 18.1 Å². The fraction of sp³-hybridized carbons (Fsp3) is 0.400. The minimum absolute atomic E-state index is 0.0465. The maximum atomic E-state index is 14.0. The predicted octanol–water partition coefficient (Wildman–Crippen LogP) is 6.58. The fourth-order valence-corrected chi connectivity index (χ4v) is 5.80. The van der Waals surface area contributed by atoms with Crippen LogP contribution in [0.4, 0.5) is 10.5 Å². The summed E-state index contributed by atoms with van der Waals surface area (Å²) in [7, 11) is -1.06. The number of aromatic hydroxyl groups is 1. The first-order valence-corrected chi connectivity index (χ1v) is 16.0. The zero-order valence-electron chi connectivity index (χ0n) is 23.7. The highest BCUT2D eigenvalue weighted by molar-refractivity contribution is 6.74. The first-order valence-electron chi connectivity index (χ1n) is 13.1. The molecule has 0 fully saturated rings. The summed E-state index contributed by atoms with van der Waals surface area (Å²) in [6.45, 7) is 12.6. The Hall–Kier alpha value is -3.56. The van der Waals surface area contributed by atoms with E-state index in [4.69, 9.17) is 13.9 Å². The normalized spacial score (nSPS) is 19.5. The molecule has 8 nitrogen and oxygen atoms in total. The third-order valence-electron chi connectivity index (χ3n) is 7.72. The summed E-state index contributed by atoms with van der Waals surface area (Å²) < 4.78 is 18.1. The maximum absolute atomic E-state index is 14.0. The van der Waals surface area contributed by atoms with Gasteiger partial charge in [0.2, 0.25) is 0 Å². The van der Waals surface area contributed by atoms with Crippen LogP contribution in [0.15, 0.2) is 66.4 Å². The van der Waals surface area contributed by atoms with Gasteiger partial charge in [0.1, 0.15) is 6.61 Å². The summed E-state index contributed by atoms with van der Waals surface area (Å²) in [5.74, 6) is -0.366. The van der Waals surface area contributed by atoms with Crippen LogP contribution in [0.3, 0.4) is 0 Å². The van der Waals surface area contributed by atoms with Crippen molar-refractivity contribution in [2.75, 3.05) is 12.0 Å². The summed E-state index contributed by atoms with van der Waals surface area (Å²) in [5.41, 5.74) is 2.21. The van der Waals surface area contributed by atoms with Crippen LogP contribution < -0.4 is 9.64 Å². The third kappa shape index (κ3) is 5.60. The molecule has 0 spiro atoms. The molecule has 0 aromatic heterocycles. The summed E-state index contributed by atoms with van der Waals surface area (Å²) in [5, 5.41) is 10.6. The summed E-state index contributed by atoms with van der Waals surface area (Å²) >= 11 is 0. The van der Waals surface area contributed by atoms with E-state index < -0.39 is 26.7 Å². The minimum Gasteiger partial charge on any atom is -0.504 e. The van der Waals surface area contributed by atoms with Gasteiger partial charge in [0.05, 0.1) is 24.4 Å². The van der Waals surface area contributed by atoms with Gasteiger partial charge in [-0.2, -0.15) is 0 Å². The number of phenols is 1. The largest absolute Gasteiger partial charge is 0.504 e. The molecular formula is C30H38N2O6Si. The molecule has 0 radical (unpaired) electrons. The van der Waals surface area contributed by atoms with Crippen molar-refractivity contribution in [1.29, 1.82) is 0 Å². The number of carbonyl (C=O) groups is 2. The summed E-state index contributed by atoms with van der Waals surface area (Å²) in [6.07, 6.45) is 4.68. The molecule has 0 aliphatic carbocycles. The highest BCUT2D eigenvalue weighted by Gasteiger charge is 2.50. The molecule has 0 saturated heterocycles. The molecule has 2 aliphatic rings. The van der Waals surface area contributed by atoms with E-state index in [1.807, 2.05) is 55.6 Å². The van der Waals surface area contributed by atoms with Crippen LogP contribution >= 0.6 is 0 Å². The second-order valence-electron chi connectivity index (χ2n) is 11.4. The number of benzene rings is 2. The number of amides is 2. The standard InChI is InChI=1S/C30H38N2O6Si/c1-8-12-21-15-24-28(38-39(6,7)30(2,3)4)32(29(35)37-19-20-13-10-9-11-14-20)23-17-25(33)26(36-5)16-22(23)27(34)31(24)18-21/h8-14,16-18,24,28,33H,15,19H2,1-7H3/b12-8+. The first kappa shape index (κ1) is 28.4. The van der Waals surface area contributed by atoms with Crippen LogP contribution in [0.25, 0.3) is 0 Å². The monoisotopic (exact) mass is 550 g/mol. The van der Waals surface area contributed by atoms with Crippen LogP contribution in [0.1, 0.15) is 50.0 Å². The second-order valence-corrected chi connectivity index (χ2v) is 16.2. The zero-order chi connectivity index (χ0) is 28.5. The second kappa shape index (κ2) is 10.9. The van der Waals surface area contributed by atoms with Gasteiger partial charge in [-0.05, 0) is 48.7 Å². The Morgan fingerprint density at radius 2 is 1.87 bits per heavy atom. The van der Waals surface area contributed by atoms with Crippen LogP contribution in [0.5, 0.6) is 11.5 Å². The van der Waals surface area contributed by atoms with Gasteiger partial charge in [0.15, 0.2) is 26.0 Å². The van der Waals surface area contributed by atoms with Crippen molar-refractivity contribution in [3.8, 4) is 11.5 Å². The van der Waals surface area contributed by atoms with Gasteiger partial charge < -0.3 is 23.9 Å². The van der Waals surface area contributed by atoms with E-state index in [9.17, 15) is 14.7 Å². The number of carbonyl (C=O) groups excluding carboxylic acids is 2.